The maximum Gasteiger partial charge on any atom is 0.0794 e. The lowest BCUT2D eigenvalue weighted by Gasteiger charge is -2.25. The molecule has 2 aromatic rings. The predicted molar refractivity (Wildman–Crippen MR) is 104 cm³/mol. The van der Waals surface area contributed by atoms with E-state index in [-0.39, 0.29) is 0 Å². The van der Waals surface area contributed by atoms with E-state index in [4.69, 9.17) is 11.5 Å². The molecule has 0 amide bonds. The molecule has 0 unspecified atom stereocenters. The maximum atomic E-state index is 5.71. The fourth-order valence-corrected chi connectivity index (χ4v) is 3.91. The lowest BCUT2D eigenvalue weighted by atomic mass is 10.1. The van der Waals surface area contributed by atoms with Crippen LogP contribution >= 0.6 is 48.0 Å². The Morgan fingerprint density at radius 1 is 1.18 bits per heavy atom. The molecule has 3 rings (SSSR count). The Bertz CT molecular complexity index is 649. The summed E-state index contributed by atoms with van der Waals surface area (Å²) in [7, 11) is 0. The van der Waals surface area contributed by atoms with Gasteiger partial charge in [-0.2, -0.15) is 0 Å². The van der Waals surface area contributed by atoms with Gasteiger partial charge in [-0.15, -0.1) is 0 Å². The van der Waals surface area contributed by atoms with Gasteiger partial charge in [-0.05, 0) is 45.3 Å². The van der Waals surface area contributed by atoms with Crippen molar-refractivity contribution >= 4 is 59.4 Å². The molecular weight excluding hydrogens is 476 g/mol. The van der Waals surface area contributed by atoms with E-state index in [1.807, 2.05) is 16.1 Å². The van der Waals surface area contributed by atoms with E-state index < -0.39 is 0 Å². The second-order valence-corrected chi connectivity index (χ2v) is 7.37. The largest absolute Gasteiger partial charge is 0.398 e. The summed E-state index contributed by atoms with van der Waals surface area (Å²) in [6.45, 7) is 2.30. The summed E-state index contributed by atoms with van der Waals surface area (Å²) in [5.41, 5.74) is 15.5. The SMILES string of the molecule is BrN1CNCc2ccccc21.NCc1cc(Br)cc(Br)c1N. The summed E-state index contributed by atoms with van der Waals surface area (Å²) in [5.74, 6) is 0. The molecule has 0 saturated carbocycles. The van der Waals surface area contributed by atoms with E-state index in [0.717, 1.165) is 33.4 Å². The lowest BCUT2D eigenvalue weighted by molar-refractivity contribution is 0.686. The number of nitrogens with one attached hydrogen (secondary N) is 1. The zero-order valence-electron chi connectivity index (χ0n) is 11.8. The molecule has 0 bridgehead atoms. The molecule has 0 saturated heterocycles. The van der Waals surface area contributed by atoms with E-state index >= 15 is 0 Å². The Morgan fingerprint density at radius 2 is 1.91 bits per heavy atom. The average Bonchev–Trinajstić information content (AvgIpc) is 2.52. The molecule has 0 atom stereocenters. The minimum Gasteiger partial charge on any atom is -0.398 e. The summed E-state index contributed by atoms with van der Waals surface area (Å²) >= 11 is 10.1. The van der Waals surface area contributed by atoms with Gasteiger partial charge < -0.3 is 11.5 Å². The standard InChI is InChI=1S/C8H9BrN2.C7H8Br2N2/c9-11-6-10-5-7-3-1-2-4-8(7)11;8-5-1-4(3-10)7(11)6(9)2-5/h1-4,10H,5-6H2;1-2H,3,10-11H2. The smallest absolute Gasteiger partial charge is 0.0794 e. The van der Waals surface area contributed by atoms with Crippen LogP contribution in [0.5, 0.6) is 0 Å². The highest BCUT2D eigenvalue weighted by atomic mass is 79.9. The van der Waals surface area contributed by atoms with Gasteiger partial charge in [0.1, 0.15) is 0 Å². The topological polar surface area (TPSA) is 67.3 Å². The molecule has 0 fully saturated rings. The normalized spacial score (nSPS) is 13.2. The molecule has 0 aromatic heterocycles. The first-order valence-electron chi connectivity index (χ1n) is 6.68. The monoisotopic (exact) mass is 490 g/mol. The molecule has 0 aliphatic carbocycles. The van der Waals surface area contributed by atoms with Crippen molar-refractivity contribution in [2.24, 2.45) is 5.73 Å². The van der Waals surface area contributed by atoms with E-state index in [9.17, 15) is 0 Å². The Morgan fingerprint density at radius 3 is 2.59 bits per heavy atom. The second-order valence-electron chi connectivity index (χ2n) is 4.74. The molecule has 22 heavy (non-hydrogen) atoms. The number of benzene rings is 2. The van der Waals surface area contributed by atoms with E-state index in [1.165, 1.54) is 11.3 Å². The first kappa shape index (κ1) is 17.7. The van der Waals surface area contributed by atoms with Crippen LogP contribution in [0.15, 0.2) is 45.3 Å². The van der Waals surface area contributed by atoms with Crippen molar-refractivity contribution in [3.05, 3.63) is 56.5 Å². The number of nitrogens with zero attached hydrogens (tertiary/aromatic N) is 1. The Labute approximate surface area is 155 Å². The first-order chi connectivity index (χ1) is 10.5. The number of para-hydroxylation sites is 1. The van der Waals surface area contributed by atoms with E-state index in [0.29, 0.717) is 6.54 Å². The van der Waals surface area contributed by atoms with Crippen LogP contribution in [-0.4, -0.2) is 6.67 Å². The summed E-state index contributed by atoms with van der Waals surface area (Å²) in [5, 5.41) is 3.27. The molecule has 7 heteroatoms. The number of fused-ring (bicyclic) bond motifs is 1. The number of hydrogen-bond donors (Lipinski definition) is 3. The van der Waals surface area contributed by atoms with Gasteiger partial charge in [0.2, 0.25) is 0 Å². The highest BCUT2D eigenvalue weighted by Crippen LogP contribution is 2.27. The van der Waals surface area contributed by atoms with Crippen molar-refractivity contribution in [1.82, 2.24) is 5.32 Å². The van der Waals surface area contributed by atoms with Gasteiger partial charge in [0.05, 0.1) is 34.2 Å². The molecule has 5 N–H and O–H groups in total. The molecule has 1 aliphatic rings. The molecule has 1 aliphatic heterocycles. The van der Waals surface area contributed by atoms with Crippen molar-refractivity contribution in [1.29, 1.82) is 0 Å². The van der Waals surface area contributed by atoms with Crippen molar-refractivity contribution < 1.29 is 0 Å². The fraction of sp³-hybridized carbons (Fsp3) is 0.200. The minimum absolute atomic E-state index is 0.462. The van der Waals surface area contributed by atoms with E-state index in [1.54, 1.807) is 0 Å². The highest BCUT2D eigenvalue weighted by molar-refractivity contribution is 9.11. The minimum atomic E-state index is 0.462. The zero-order chi connectivity index (χ0) is 16.1. The molecule has 118 valence electrons. The molecule has 1 heterocycles. The molecule has 0 radical (unpaired) electrons. The lowest BCUT2D eigenvalue weighted by Crippen LogP contribution is -2.32. The van der Waals surface area contributed by atoms with Crippen LogP contribution in [0.25, 0.3) is 0 Å². The summed E-state index contributed by atoms with van der Waals surface area (Å²) in [6, 6.07) is 12.2. The first-order valence-corrected chi connectivity index (χ1v) is 8.98. The summed E-state index contributed by atoms with van der Waals surface area (Å²) in [6.07, 6.45) is 0. The third kappa shape index (κ3) is 4.45. The summed E-state index contributed by atoms with van der Waals surface area (Å²) < 4.78 is 3.90. The third-order valence-corrected chi connectivity index (χ3v) is 4.97. The molecule has 2 aromatic carbocycles. The van der Waals surface area contributed by atoms with Crippen LogP contribution in [0.2, 0.25) is 0 Å². The van der Waals surface area contributed by atoms with Gasteiger partial charge in [0.15, 0.2) is 0 Å². The predicted octanol–water partition coefficient (Wildman–Crippen LogP) is 4.12. The second kappa shape index (κ2) is 8.31. The number of anilines is 2. The van der Waals surface area contributed by atoms with Gasteiger partial charge in [0.25, 0.3) is 0 Å². The van der Waals surface area contributed by atoms with Crippen molar-refractivity contribution in [2.75, 3.05) is 16.3 Å². The van der Waals surface area contributed by atoms with Crippen molar-refractivity contribution in [3.63, 3.8) is 0 Å². The number of halogens is 3. The van der Waals surface area contributed by atoms with Crippen molar-refractivity contribution in [2.45, 2.75) is 13.1 Å². The van der Waals surface area contributed by atoms with Crippen LogP contribution in [0, 0.1) is 0 Å². The number of hydrogen-bond acceptors (Lipinski definition) is 4. The Hall–Kier alpha value is -0.600. The average molecular weight is 493 g/mol. The zero-order valence-corrected chi connectivity index (χ0v) is 16.6. The van der Waals surface area contributed by atoms with Crippen LogP contribution in [0.4, 0.5) is 11.4 Å². The van der Waals surface area contributed by atoms with E-state index in [2.05, 4.69) is 77.6 Å². The number of rotatable bonds is 1. The maximum absolute atomic E-state index is 5.71. The third-order valence-electron chi connectivity index (χ3n) is 3.22. The van der Waals surface area contributed by atoms with Gasteiger partial charge in [0, 0.05) is 22.0 Å². The number of nitrogen functional groups attached to an aromatic ring is 1. The van der Waals surface area contributed by atoms with Gasteiger partial charge in [-0.3, -0.25) is 9.24 Å². The quantitative estimate of drug-likeness (QED) is 0.414. The van der Waals surface area contributed by atoms with Gasteiger partial charge in [-0.1, -0.05) is 34.1 Å². The molecule has 0 spiro atoms. The highest BCUT2D eigenvalue weighted by Gasteiger charge is 2.11. The summed E-state index contributed by atoms with van der Waals surface area (Å²) in [4.78, 5) is 0. The molecule has 4 nitrogen and oxygen atoms in total. The van der Waals surface area contributed by atoms with Crippen molar-refractivity contribution in [3.8, 4) is 0 Å². The number of nitrogens with two attached hydrogens (primary N) is 2. The fourth-order valence-electron chi connectivity index (χ4n) is 2.08. The Balaban J connectivity index is 0.000000160. The van der Waals surface area contributed by atoms with Crippen LogP contribution in [0.1, 0.15) is 11.1 Å². The van der Waals surface area contributed by atoms with Gasteiger partial charge >= 0.3 is 0 Å². The van der Waals surface area contributed by atoms with Crippen LogP contribution < -0.4 is 20.7 Å². The van der Waals surface area contributed by atoms with Crippen LogP contribution in [-0.2, 0) is 13.1 Å². The molecular formula is C15H17Br3N4. The van der Waals surface area contributed by atoms with Gasteiger partial charge in [-0.25, -0.2) is 0 Å². The van der Waals surface area contributed by atoms with Crippen LogP contribution in [0.3, 0.4) is 0 Å². The Kier molecular flexibility index (Phi) is 6.70.